The predicted molar refractivity (Wildman–Crippen MR) is 88.9 cm³/mol. The summed E-state index contributed by atoms with van der Waals surface area (Å²) in [5, 5.41) is 3.02. The van der Waals surface area contributed by atoms with Gasteiger partial charge in [-0.2, -0.15) is 13.2 Å². The van der Waals surface area contributed by atoms with Crippen molar-refractivity contribution in [2.24, 2.45) is 0 Å². The van der Waals surface area contributed by atoms with E-state index >= 15 is 0 Å². The average Bonchev–Trinajstić information content (AvgIpc) is 2.47. The molecule has 3 nitrogen and oxygen atoms in total. The van der Waals surface area contributed by atoms with Crippen LogP contribution in [0.3, 0.4) is 0 Å². The van der Waals surface area contributed by atoms with Gasteiger partial charge in [0.2, 0.25) is 0 Å². The van der Waals surface area contributed by atoms with Crippen LogP contribution in [0.2, 0.25) is 10.0 Å². The molecule has 0 aliphatic rings. The number of ether oxygens (including phenoxy) is 1. The maximum Gasteiger partial charge on any atom is 0.446 e. The Labute approximate surface area is 150 Å². The lowest BCUT2D eigenvalue weighted by molar-refractivity contribution is -0.118. The number of carbonyl (C=O) groups is 1. The molecule has 1 N–H and O–H groups in total. The second-order valence-electron chi connectivity index (χ2n) is 4.46. The molecule has 1 amide bonds. The van der Waals surface area contributed by atoms with E-state index in [1.54, 1.807) is 0 Å². The van der Waals surface area contributed by atoms with Crippen molar-refractivity contribution < 1.29 is 22.7 Å². The molecule has 0 saturated heterocycles. The van der Waals surface area contributed by atoms with E-state index in [0.29, 0.717) is 5.02 Å². The molecule has 0 atom stereocenters. The summed E-state index contributed by atoms with van der Waals surface area (Å²) < 4.78 is 42.8. The topological polar surface area (TPSA) is 38.3 Å². The number of nitrogens with one attached hydrogen (secondary N) is 1. The summed E-state index contributed by atoms with van der Waals surface area (Å²) in [6.45, 7) is -0.410. The Morgan fingerprint density at radius 3 is 2.54 bits per heavy atom. The zero-order chi connectivity index (χ0) is 17.7. The van der Waals surface area contributed by atoms with Gasteiger partial charge in [-0.3, -0.25) is 4.79 Å². The van der Waals surface area contributed by atoms with Gasteiger partial charge in [-0.05, 0) is 42.1 Å². The van der Waals surface area contributed by atoms with Crippen LogP contribution in [0.1, 0.15) is 0 Å². The molecule has 0 aromatic heterocycles. The van der Waals surface area contributed by atoms with E-state index in [-0.39, 0.29) is 33.1 Å². The second kappa shape index (κ2) is 8.00. The molecule has 0 radical (unpaired) electrons. The molecule has 128 valence electrons. The lowest BCUT2D eigenvalue weighted by atomic mass is 10.3. The van der Waals surface area contributed by atoms with Gasteiger partial charge in [0.15, 0.2) is 6.61 Å². The minimum absolute atomic E-state index is 0.0515. The largest absolute Gasteiger partial charge is 0.482 e. The van der Waals surface area contributed by atoms with E-state index in [9.17, 15) is 18.0 Å². The Morgan fingerprint density at radius 1 is 1.17 bits per heavy atom. The fraction of sp³-hybridized carbons (Fsp3) is 0.133. The van der Waals surface area contributed by atoms with Gasteiger partial charge in [-0.1, -0.05) is 35.3 Å². The standard InChI is InChI=1S/C15H10Cl2F3NO2S/c16-9-5-6-12(10(17)7-9)23-8-14(22)21-11-3-1-2-4-13(11)24-15(18,19)20/h1-7H,8H2,(H,21,22). The SMILES string of the molecule is O=C(COc1ccc(Cl)cc1Cl)Nc1ccccc1SC(F)(F)F. The first kappa shape index (κ1) is 18.8. The lowest BCUT2D eigenvalue weighted by Crippen LogP contribution is -2.20. The first-order valence-corrected chi connectivity index (χ1v) is 8.04. The van der Waals surface area contributed by atoms with Crippen LogP contribution in [-0.2, 0) is 4.79 Å². The van der Waals surface area contributed by atoms with E-state index in [4.69, 9.17) is 27.9 Å². The number of alkyl halides is 3. The molecule has 24 heavy (non-hydrogen) atoms. The van der Waals surface area contributed by atoms with Crippen molar-refractivity contribution in [1.82, 2.24) is 0 Å². The molecule has 0 heterocycles. The molecule has 0 aliphatic heterocycles. The van der Waals surface area contributed by atoms with Crippen LogP contribution in [0.4, 0.5) is 18.9 Å². The van der Waals surface area contributed by atoms with Crippen molar-refractivity contribution in [3.63, 3.8) is 0 Å². The maximum absolute atomic E-state index is 12.5. The van der Waals surface area contributed by atoms with Gasteiger partial charge in [0.1, 0.15) is 5.75 Å². The third-order valence-electron chi connectivity index (χ3n) is 2.64. The van der Waals surface area contributed by atoms with Gasteiger partial charge in [0, 0.05) is 9.92 Å². The lowest BCUT2D eigenvalue weighted by Gasteiger charge is -2.13. The average molecular weight is 396 g/mol. The smallest absolute Gasteiger partial charge is 0.446 e. The number of halogens is 5. The third kappa shape index (κ3) is 5.81. The molecule has 9 heteroatoms. The Hall–Kier alpha value is -1.57. The molecule has 0 unspecified atom stereocenters. The molecule has 0 aliphatic carbocycles. The fourth-order valence-corrected chi connectivity index (χ4v) is 2.79. The number of hydrogen-bond acceptors (Lipinski definition) is 3. The fourth-order valence-electron chi connectivity index (χ4n) is 1.71. The molecule has 0 saturated carbocycles. The Morgan fingerprint density at radius 2 is 1.88 bits per heavy atom. The normalized spacial score (nSPS) is 11.2. The predicted octanol–water partition coefficient (Wildman–Crippen LogP) is 5.62. The van der Waals surface area contributed by atoms with Crippen molar-refractivity contribution >= 4 is 46.6 Å². The number of hydrogen-bond donors (Lipinski definition) is 1. The van der Waals surface area contributed by atoms with Crippen LogP contribution < -0.4 is 10.1 Å². The summed E-state index contributed by atoms with van der Waals surface area (Å²) in [6, 6.07) is 10.1. The van der Waals surface area contributed by atoms with E-state index in [0.717, 1.165) is 0 Å². The monoisotopic (exact) mass is 395 g/mol. The second-order valence-corrected chi connectivity index (χ2v) is 6.41. The molecular formula is C15H10Cl2F3NO2S. The highest BCUT2D eigenvalue weighted by atomic mass is 35.5. The van der Waals surface area contributed by atoms with Crippen molar-refractivity contribution in [2.45, 2.75) is 10.4 Å². The van der Waals surface area contributed by atoms with E-state index < -0.39 is 18.0 Å². The Kier molecular flexibility index (Phi) is 6.26. The summed E-state index contributed by atoms with van der Waals surface area (Å²) in [7, 11) is 0. The summed E-state index contributed by atoms with van der Waals surface area (Å²) in [4.78, 5) is 11.8. The van der Waals surface area contributed by atoms with Gasteiger partial charge in [0.25, 0.3) is 5.91 Å². The van der Waals surface area contributed by atoms with Crippen molar-refractivity contribution in [1.29, 1.82) is 0 Å². The minimum atomic E-state index is -4.45. The van der Waals surface area contributed by atoms with Crippen LogP contribution in [0.25, 0.3) is 0 Å². The van der Waals surface area contributed by atoms with Crippen LogP contribution in [0.5, 0.6) is 5.75 Å². The van der Waals surface area contributed by atoms with E-state index in [1.807, 2.05) is 0 Å². The van der Waals surface area contributed by atoms with Gasteiger partial charge >= 0.3 is 5.51 Å². The van der Waals surface area contributed by atoms with Crippen LogP contribution in [0.15, 0.2) is 47.4 Å². The van der Waals surface area contributed by atoms with Crippen molar-refractivity contribution in [2.75, 3.05) is 11.9 Å². The Balaban J connectivity index is 2.00. The number of carbonyl (C=O) groups excluding carboxylic acids is 1. The molecule has 0 fully saturated rings. The minimum Gasteiger partial charge on any atom is -0.482 e. The summed E-state index contributed by atoms with van der Waals surface area (Å²) >= 11 is 11.3. The highest BCUT2D eigenvalue weighted by molar-refractivity contribution is 8.00. The summed E-state index contributed by atoms with van der Waals surface area (Å²) in [5.41, 5.74) is -4.40. The Bertz CT molecular complexity index is 741. The highest BCUT2D eigenvalue weighted by Gasteiger charge is 2.30. The van der Waals surface area contributed by atoms with E-state index in [2.05, 4.69) is 5.32 Å². The molecule has 2 aromatic rings. The van der Waals surface area contributed by atoms with Gasteiger partial charge in [0.05, 0.1) is 10.7 Å². The number of thioether (sulfide) groups is 1. The zero-order valence-corrected chi connectivity index (χ0v) is 14.2. The van der Waals surface area contributed by atoms with Crippen LogP contribution >= 0.6 is 35.0 Å². The highest BCUT2D eigenvalue weighted by Crippen LogP contribution is 2.40. The third-order valence-corrected chi connectivity index (χ3v) is 3.98. The van der Waals surface area contributed by atoms with E-state index in [1.165, 1.54) is 42.5 Å². The number of rotatable bonds is 5. The zero-order valence-electron chi connectivity index (χ0n) is 11.9. The van der Waals surface area contributed by atoms with Gasteiger partial charge in [-0.15, -0.1) is 0 Å². The first-order valence-electron chi connectivity index (χ1n) is 6.47. The summed E-state index contributed by atoms with van der Waals surface area (Å²) in [5.74, 6) is -0.370. The first-order chi connectivity index (χ1) is 11.2. The van der Waals surface area contributed by atoms with Gasteiger partial charge in [-0.25, -0.2) is 0 Å². The number of para-hydroxylation sites is 1. The quantitative estimate of drug-likeness (QED) is 0.667. The number of benzene rings is 2. The molecule has 0 spiro atoms. The van der Waals surface area contributed by atoms with Crippen LogP contribution in [-0.4, -0.2) is 18.0 Å². The number of anilines is 1. The molecule has 2 rings (SSSR count). The number of amides is 1. The molecule has 0 bridgehead atoms. The van der Waals surface area contributed by atoms with Crippen molar-refractivity contribution in [3.8, 4) is 5.75 Å². The van der Waals surface area contributed by atoms with Gasteiger partial charge < -0.3 is 10.1 Å². The maximum atomic E-state index is 12.5. The molecule has 2 aromatic carbocycles. The van der Waals surface area contributed by atoms with Crippen LogP contribution in [0, 0.1) is 0 Å². The van der Waals surface area contributed by atoms with Crippen molar-refractivity contribution in [3.05, 3.63) is 52.5 Å². The molecular weight excluding hydrogens is 386 g/mol. The summed E-state index contributed by atoms with van der Waals surface area (Å²) in [6.07, 6.45) is 0.